The van der Waals surface area contributed by atoms with E-state index in [0.717, 1.165) is 0 Å². The van der Waals surface area contributed by atoms with Crippen LogP contribution in [-0.4, -0.2) is 26.8 Å². The van der Waals surface area contributed by atoms with Crippen molar-refractivity contribution < 1.29 is 19.4 Å². The minimum absolute atomic E-state index is 0.000742. The summed E-state index contributed by atoms with van der Waals surface area (Å²) in [6, 6.07) is 13.5. The third-order valence-electron chi connectivity index (χ3n) is 4.21. The lowest BCUT2D eigenvalue weighted by Gasteiger charge is -2.10. The highest BCUT2D eigenvalue weighted by Gasteiger charge is 2.23. The second-order valence-corrected chi connectivity index (χ2v) is 7.24. The Morgan fingerprint density at radius 3 is 2.26 bits per heavy atom. The van der Waals surface area contributed by atoms with Gasteiger partial charge in [-0.2, -0.15) is 0 Å². The zero-order valence-corrected chi connectivity index (χ0v) is 17.6. The number of rotatable bonds is 7. The second kappa shape index (κ2) is 10.6. The van der Waals surface area contributed by atoms with Crippen LogP contribution >= 0.6 is 23.2 Å². The minimum Gasteiger partial charge on any atom is -0.481 e. The molecule has 0 saturated carbocycles. The summed E-state index contributed by atoms with van der Waals surface area (Å²) < 4.78 is 5.51. The lowest BCUT2D eigenvalue weighted by Crippen LogP contribution is -2.18. The lowest BCUT2D eigenvalue weighted by atomic mass is 9.95. The minimum atomic E-state index is -1.11. The first-order valence-electron chi connectivity index (χ1n) is 9.18. The van der Waals surface area contributed by atoms with Gasteiger partial charge in [-0.1, -0.05) is 41.1 Å². The fourth-order valence-corrected chi connectivity index (χ4v) is 3.27. The molecule has 6 nitrogen and oxygen atoms in total. The van der Waals surface area contributed by atoms with Gasteiger partial charge < -0.3 is 9.84 Å². The van der Waals surface area contributed by atoms with Crippen LogP contribution in [0.25, 0.3) is 0 Å². The van der Waals surface area contributed by atoms with Gasteiger partial charge in [0.2, 0.25) is 0 Å². The lowest BCUT2D eigenvalue weighted by molar-refractivity contribution is -0.141. The molecule has 3 rings (SSSR count). The largest absolute Gasteiger partial charge is 0.481 e. The Kier molecular flexibility index (Phi) is 7.60. The number of carboxylic acids is 1. The zero-order chi connectivity index (χ0) is 22.2. The number of halogens is 2. The van der Waals surface area contributed by atoms with Crippen molar-refractivity contribution >= 4 is 35.0 Å². The number of carboxylic acid groups (broad SMARTS) is 1. The number of hydrogen-bond acceptors (Lipinski definition) is 5. The molecule has 0 spiro atoms. The summed E-state index contributed by atoms with van der Waals surface area (Å²) in [4.78, 5) is 32.1. The van der Waals surface area contributed by atoms with Crippen molar-refractivity contribution in [2.75, 3.05) is 0 Å². The smallest absolute Gasteiger partial charge is 0.321 e. The van der Waals surface area contributed by atoms with Crippen LogP contribution in [0.1, 0.15) is 28.8 Å². The van der Waals surface area contributed by atoms with Gasteiger partial charge >= 0.3 is 12.0 Å². The fourth-order valence-electron chi connectivity index (χ4n) is 2.66. The van der Waals surface area contributed by atoms with Crippen molar-refractivity contribution in [3.05, 3.63) is 82.1 Å². The number of hydrogen-bond donors (Lipinski definition) is 1. The Bertz CT molecular complexity index is 1120. The normalized spacial score (nSPS) is 11.2. The molecule has 2 aromatic carbocycles. The maximum absolute atomic E-state index is 12.5. The summed E-state index contributed by atoms with van der Waals surface area (Å²) in [5, 5.41) is 9.85. The van der Waals surface area contributed by atoms with Crippen molar-refractivity contribution in [3.63, 3.8) is 0 Å². The summed E-state index contributed by atoms with van der Waals surface area (Å²) in [7, 11) is 0. The highest BCUT2D eigenvalue weighted by Crippen LogP contribution is 2.27. The van der Waals surface area contributed by atoms with Gasteiger partial charge in [0.15, 0.2) is 5.78 Å². The van der Waals surface area contributed by atoms with E-state index in [9.17, 15) is 14.7 Å². The van der Waals surface area contributed by atoms with Gasteiger partial charge in [-0.3, -0.25) is 9.59 Å². The van der Waals surface area contributed by atoms with E-state index < -0.39 is 17.7 Å². The highest BCUT2D eigenvalue weighted by atomic mass is 35.5. The molecule has 0 aliphatic rings. The third kappa shape index (κ3) is 6.29. The molecule has 31 heavy (non-hydrogen) atoms. The molecule has 0 fully saturated rings. The van der Waals surface area contributed by atoms with E-state index in [4.69, 9.17) is 27.9 Å². The summed E-state index contributed by atoms with van der Waals surface area (Å²) >= 11 is 12.1. The van der Waals surface area contributed by atoms with E-state index in [1.54, 1.807) is 48.8 Å². The molecule has 1 N–H and O–H groups in total. The number of nitrogens with zero attached hydrogens (tertiary/aromatic N) is 2. The van der Waals surface area contributed by atoms with Gasteiger partial charge in [-0.15, -0.1) is 0 Å². The molecule has 1 unspecified atom stereocenters. The van der Waals surface area contributed by atoms with E-state index >= 15 is 0 Å². The first-order valence-corrected chi connectivity index (χ1v) is 9.93. The van der Waals surface area contributed by atoms with Crippen LogP contribution in [0.4, 0.5) is 0 Å². The van der Waals surface area contributed by atoms with E-state index in [0.29, 0.717) is 11.3 Å². The van der Waals surface area contributed by atoms with Crippen molar-refractivity contribution in [2.45, 2.75) is 12.8 Å². The molecule has 1 atom stereocenters. The number of Topliss-reactive ketones (excluding diaryl/α,β-unsaturated/α-hetero) is 1. The summed E-state index contributed by atoms with van der Waals surface area (Å²) in [5.74, 6) is 3.73. The van der Waals surface area contributed by atoms with Crippen LogP contribution in [0.15, 0.2) is 60.9 Å². The van der Waals surface area contributed by atoms with Gasteiger partial charge in [0.1, 0.15) is 5.75 Å². The van der Waals surface area contributed by atoms with Gasteiger partial charge in [-0.25, -0.2) is 9.97 Å². The Labute approximate surface area is 188 Å². The number of carbonyl (C=O) groups is 2. The molecule has 0 aliphatic carbocycles. The van der Waals surface area contributed by atoms with Crippen LogP contribution < -0.4 is 4.74 Å². The van der Waals surface area contributed by atoms with Gasteiger partial charge in [0, 0.05) is 30.8 Å². The van der Waals surface area contributed by atoms with Gasteiger partial charge in [0.25, 0.3) is 0 Å². The molecule has 1 heterocycles. The zero-order valence-electron chi connectivity index (χ0n) is 16.1. The van der Waals surface area contributed by atoms with Crippen molar-refractivity contribution in [1.29, 1.82) is 0 Å². The van der Waals surface area contributed by atoms with E-state index in [1.165, 1.54) is 12.1 Å². The fraction of sp³-hybridized carbons (Fsp3) is 0.130. The summed E-state index contributed by atoms with van der Waals surface area (Å²) in [6.07, 6.45) is 2.90. The maximum atomic E-state index is 12.5. The van der Waals surface area contributed by atoms with Crippen molar-refractivity contribution in [2.24, 2.45) is 5.92 Å². The Balaban J connectivity index is 1.63. The second-order valence-electron chi connectivity index (χ2n) is 6.42. The molecule has 0 amide bonds. The molecule has 3 aromatic rings. The van der Waals surface area contributed by atoms with E-state index in [2.05, 4.69) is 21.8 Å². The molecule has 0 bridgehead atoms. The topological polar surface area (TPSA) is 89.4 Å². The van der Waals surface area contributed by atoms with Crippen LogP contribution in [0.5, 0.6) is 11.8 Å². The maximum Gasteiger partial charge on any atom is 0.321 e. The highest BCUT2D eigenvalue weighted by molar-refractivity contribution is 6.39. The number of carbonyl (C=O) groups excluding carboxylic acids is 1. The number of ether oxygens (including phenoxy) is 1. The van der Waals surface area contributed by atoms with Crippen LogP contribution in [0.3, 0.4) is 0 Å². The van der Waals surface area contributed by atoms with E-state index in [1.807, 2.05) is 0 Å². The molecule has 1 aromatic heterocycles. The van der Waals surface area contributed by atoms with Crippen LogP contribution in [-0.2, 0) is 4.79 Å². The van der Waals surface area contributed by atoms with Crippen LogP contribution in [0.2, 0.25) is 10.0 Å². The summed E-state index contributed by atoms with van der Waals surface area (Å²) in [6.45, 7) is 0. The number of benzene rings is 2. The standard InChI is InChI=1S/C23H16Cl2N2O4/c24-18-6-2-7-19(25)21(18)20(28)14-16(22(29)30)5-1-4-15-8-10-17(11-9-15)31-23-26-12-3-13-27-23/h2-3,6-13,16H,5,14H2,(H,29,30). The Morgan fingerprint density at radius 1 is 1.00 bits per heavy atom. The molecular formula is C23H16Cl2N2O4. The van der Waals surface area contributed by atoms with Crippen molar-refractivity contribution in [3.8, 4) is 23.6 Å². The molecule has 0 aliphatic heterocycles. The Hall–Kier alpha value is -3.40. The van der Waals surface area contributed by atoms with E-state index in [-0.39, 0.29) is 34.5 Å². The van der Waals surface area contributed by atoms with Gasteiger partial charge in [-0.05, 0) is 42.5 Å². The molecule has 0 saturated heterocycles. The Morgan fingerprint density at radius 2 is 1.65 bits per heavy atom. The summed E-state index contributed by atoms with van der Waals surface area (Å²) in [5.41, 5.74) is 0.800. The number of aromatic nitrogens is 2. The molecule has 0 radical (unpaired) electrons. The number of ketones is 1. The predicted molar refractivity (Wildman–Crippen MR) is 117 cm³/mol. The van der Waals surface area contributed by atoms with Crippen molar-refractivity contribution in [1.82, 2.24) is 9.97 Å². The van der Waals surface area contributed by atoms with Gasteiger partial charge in [0.05, 0.1) is 21.5 Å². The molecule has 156 valence electrons. The average molecular weight is 455 g/mol. The predicted octanol–water partition coefficient (Wildman–Crippen LogP) is 5.29. The average Bonchev–Trinajstić information content (AvgIpc) is 2.75. The quantitative estimate of drug-likeness (QED) is 0.385. The first kappa shape index (κ1) is 22.3. The number of aliphatic carboxylic acids is 1. The SMILES string of the molecule is O=C(CC(CC#Cc1ccc(Oc2ncccn2)cc1)C(=O)O)c1c(Cl)cccc1Cl. The van der Waals surface area contributed by atoms with Crippen LogP contribution in [0, 0.1) is 17.8 Å². The molecular weight excluding hydrogens is 439 g/mol. The molecule has 8 heteroatoms. The monoisotopic (exact) mass is 454 g/mol. The third-order valence-corrected chi connectivity index (χ3v) is 4.84. The first-order chi connectivity index (χ1) is 14.9.